The predicted molar refractivity (Wildman–Crippen MR) is 42.6 cm³/mol. The molecule has 0 aromatic rings. The molecule has 1 aliphatic rings. The van der Waals surface area contributed by atoms with E-state index in [9.17, 15) is 4.79 Å². The average Bonchev–Trinajstić information content (AvgIpc) is 2.12. The first-order chi connectivity index (χ1) is 6.06. The summed E-state index contributed by atoms with van der Waals surface area (Å²) in [5, 5.41) is 26.3. The van der Waals surface area contributed by atoms with Gasteiger partial charge in [-0.05, 0) is 12.2 Å². The highest BCUT2D eigenvalue weighted by Crippen LogP contribution is 2.15. The van der Waals surface area contributed by atoms with Gasteiger partial charge in [-0.15, -0.1) is 0 Å². The number of nitrogens with one attached hydrogen (secondary N) is 1. The minimum atomic E-state index is -0.880. The van der Waals surface area contributed by atoms with Crippen LogP contribution in [0.15, 0.2) is 35.1 Å². The first-order valence-corrected chi connectivity index (χ1v) is 3.32. The van der Waals surface area contributed by atoms with Gasteiger partial charge >= 0.3 is 0 Å². The highest BCUT2D eigenvalue weighted by molar-refractivity contribution is 6.06. The van der Waals surface area contributed by atoms with Crippen LogP contribution in [0.3, 0.4) is 0 Å². The molecule has 0 spiro atoms. The van der Waals surface area contributed by atoms with Crippen LogP contribution in [0, 0.1) is 0 Å². The number of aliphatic hydroxyl groups is 2. The first-order valence-electron chi connectivity index (χ1n) is 3.32. The molecule has 6 N–H and O–H groups in total. The molecule has 70 valence electrons. The fourth-order valence-corrected chi connectivity index (χ4v) is 0.819. The SMILES string of the molecule is NC(NO)=C1C=C(O)C(=O)C(O)=C1. The summed E-state index contributed by atoms with van der Waals surface area (Å²) in [6.07, 6.45) is 2.06. The molecule has 1 aliphatic carbocycles. The summed E-state index contributed by atoms with van der Waals surface area (Å²) in [5.74, 6) is -2.32. The smallest absolute Gasteiger partial charge is 0.261 e. The van der Waals surface area contributed by atoms with Crippen LogP contribution >= 0.6 is 0 Å². The molecule has 6 nitrogen and oxygen atoms in total. The first kappa shape index (κ1) is 9.14. The van der Waals surface area contributed by atoms with Crippen molar-refractivity contribution in [1.82, 2.24) is 5.48 Å². The third-order valence-electron chi connectivity index (χ3n) is 1.48. The number of Topliss-reactive ketones (excluding diaryl/α,β-unsaturated/α-hetero) is 1. The largest absolute Gasteiger partial charge is 0.504 e. The maximum Gasteiger partial charge on any atom is 0.261 e. The number of hydrogen-bond acceptors (Lipinski definition) is 6. The molecule has 0 fully saturated rings. The van der Waals surface area contributed by atoms with E-state index in [2.05, 4.69) is 0 Å². The molecule has 0 heterocycles. The molecule has 13 heavy (non-hydrogen) atoms. The standard InChI is InChI=1S/C7H8N2O4/c8-7(9-13)3-1-4(10)6(12)5(11)2-3/h1-2,9-11,13H,8H2. The van der Waals surface area contributed by atoms with E-state index in [0.717, 1.165) is 12.2 Å². The number of aliphatic hydroxyl groups excluding tert-OH is 2. The molecule has 1 rings (SSSR count). The van der Waals surface area contributed by atoms with E-state index in [-0.39, 0.29) is 11.4 Å². The van der Waals surface area contributed by atoms with Crippen molar-refractivity contribution in [2.45, 2.75) is 0 Å². The molecule has 0 aromatic carbocycles. The molecular weight excluding hydrogens is 176 g/mol. The normalized spacial score (nSPS) is 16.4. The summed E-state index contributed by atoms with van der Waals surface area (Å²) < 4.78 is 0. The third-order valence-corrected chi connectivity index (χ3v) is 1.48. The van der Waals surface area contributed by atoms with Gasteiger partial charge in [0.2, 0.25) is 0 Å². The van der Waals surface area contributed by atoms with Gasteiger partial charge in [0.15, 0.2) is 11.5 Å². The molecule has 0 amide bonds. The maximum absolute atomic E-state index is 10.8. The van der Waals surface area contributed by atoms with Crippen molar-refractivity contribution in [3.63, 3.8) is 0 Å². The number of allylic oxidation sites excluding steroid dienone is 3. The van der Waals surface area contributed by atoms with Crippen LogP contribution in [-0.2, 0) is 4.79 Å². The molecule has 0 aliphatic heterocycles. The van der Waals surface area contributed by atoms with Crippen LogP contribution in [-0.4, -0.2) is 21.2 Å². The lowest BCUT2D eigenvalue weighted by molar-refractivity contribution is -0.117. The highest BCUT2D eigenvalue weighted by Gasteiger charge is 2.19. The van der Waals surface area contributed by atoms with Gasteiger partial charge in [0.1, 0.15) is 5.82 Å². The van der Waals surface area contributed by atoms with E-state index in [1.165, 1.54) is 0 Å². The van der Waals surface area contributed by atoms with Crippen molar-refractivity contribution >= 4 is 5.78 Å². The Kier molecular flexibility index (Phi) is 2.25. The molecule has 0 aromatic heterocycles. The van der Waals surface area contributed by atoms with Crippen LogP contribution in [0.4, 0.5) is 0 Å². The molecule has 0 unspecified atom stereocenters. The van der Waals surface area contributed by atoms with Gasteiger partial charge in [-0.3, -0.25) is 15.5 Å². The van der Waals surface area contributed by atoms with Crippen molar-refractivity contribution in [3.8, 4) is 0 Å². The molecule has 0 atom stereocenters. The van der Waals surface area contributed by atoms with E-state index in [1.54, 1.807) is 5.48 Å². The fourth-order valence-electron chi connectivity index (χ4n) is 0.819. The summed E-state index contributed by atoms with van der Waals surface area (Å²) in [6.45, 7) is 0. The van der Waals surface area contributed by atoms with Crippen LogP contribution in [0.2, 0.25) is 0 Å². The number of rotatable bonds is 1. The molecule has 0 saturated carbocycles. The predicted octanol–water partition coefficient (Wildman–Crippen LogP) is -0.398. The van der Waals surface area contributed by atoms with Gasteiger partial charge in [-0.25, -0.2) is 0 Å². The van der Waals surface area contributed by atoms with Gasteiger partial charge in [0, 0.05) is 5.57 Å². The van der Waals surface area contributed by atoms with Crippen LogP contribution < -0.4 is 11.2 Å². The van der Waals surface area contributed by atoms with Gasteiger partial charge < -0.3 is 15.9 Å². The Labute approximate surface area is 73.2 Å². The van der Waals surface area contributed by atoms with E-state index < -0.39 is 17.3 Å². The summed E-state index contributed by atoms with van der Waals surface area (Å²) in [7, 11) is 0. The second-order valence-electron chi connectivity index (χ2n) is 2.37. The van der Waals surface area contributed by atoms with Gasteiger partial charge in [0.05, 0.1) is 0 Å². The van der Waals surface area contributed by atoms with Gasteiger partial charge in [-0.1, -0.05) is 0 Å². The van der Waals surface area contributed by atoms with E-state index >= 15 is 0 Å². The Hall–Kier alpha value is -1.95. The molecule has 0 bridgehead atoms. The Morgan fingerprint density at radius 3 is 2.15 bits per heavy atom. The van der Waals surface area contributed by atoms with Gasteiger partial charge in [-0.2, -0.15) is 0 Å². The van der Waals surface area contributed by atoms with Crippen molar-refractivity contribution in [3.05, 3.63) is 35.1 Å². The lowest BCUT2D eigenvalue weighted by Gasteiger charge is -2.08. The average molecular weight is 184 g/mol. The summed E-state index contributed by atoms with van der Waals surface area (Å²) in [6, 6.07) is 0. The lowest BCUT2D eigenvalue weighted by Crippen LogP contribution is -2.20. The maximum atomic E-state index is 10.8. The molecule has 0 saturated heterocycles. The lowest BCUT2D eigenvalue weighted by atomic mass is 10.1. The number of nitrogens with two attached hydrogens (primary N) is 1. The molecule has 0 radical (unpaired) electrons. The Morgan fingerprint density at radius 2 is 1.77 bits per heavy atom. The monoisotopic (exact) mass is 184 g/mol. The van der Waals surface area contributed by atoms with Crippen molar-refractivity contribution in [2.75, 3.05) is 0 Å². The molecular formula is C7H8N2O4. The number of ketones is 1. The summed E-state index contributed by atoms with van der Waals surface area (Å²) in [4.78, 5) is 10.8. The Balaban J connectivity index is 3.14. The van der Waals surface area contributed by atoms with Crippen molar-refractivity contribution in [1.29, 1.82) is 0 Å². The van der Waals surface area contributed by atoms with Crippen LogP contribution in [0.25, 0.3) is 0 Å². The summed E-state index contributed by atoms with van der Waals surface area (Å²) in [5.41, 5.74) is 6.96. The van der Waals surface area contributed by atoms with E-state index in [1.807, 2.05) is 0 Å². The van der Waals surface area contributed by atoms with Gasteiger partial charge in [0.25, 0.3) is 5.78 Å². The van der Waals surface area contributed by atoms with Crippen molar-refractivity contribution < 1.29 is 20.2 Å². The van der Waals surface area contributed by atoms with E-state index in [4.69, 9.17) is 21.2 Å². The van der Waals surface area contributed by atoms with Crippen LogP contribution in [0.5, 0.6) is 0 Å². The zero-order chi connectivity index (χ0) is 10.0. The topological polar surface area (TPSA) is 116 Å². The Bertz CT molecular complexity index is 316. The van der Waals surface area contributed by atoms with Crippen LogP contribution in [0.1, 0.15) is 0 Å². The van der Waals surface area contributed by atoms with E-state index in [0.29, 0.717) is 0 Å². The number of hydrogen-bond donors (Lipinski definition) is 5. The minimum absolute atomic E-state index is 0.122. The zero-order valence-corrected chi connectivity index (χ0v) is 6.48. The zero-order valence-electron chi connectivity index (χ0n) is 6.48. The second kappa shape index (κ2) is 3.20. The fraction of sp³-hybridized carbons (Fsp3) is 0. The number of hydroxylamine groups is 1. The quantitative estimate of drug-likeness (QED) is 0.354. The molecule has 6 heteroatoms. The third kappa shape index (κ3) is 1.62. The minimum Gasteiger partial charge on any atom is -0.504 e. The summed E-state index contributed by atoms with van der Waals surface area (Å²) >= 11 is 0. The second-order valence-corrected chi connectivity index (χ2v) is 2.37. The highest BCUT2D eigenvalue weighted by atomic mass is 16.5. The number of carbonyl (C=O) groups is 1. The number of carbonyl (C=O) groups excluding carboxylic acids is 1. The van der Waals surface area contributed by atoms with Crippen molar-refractivity contribution in [2.24, 2.45) is 5.73 Å². The Morgan fingerprint density at radius 1 is 1.31 bits per heavy atom.